The van der Waals surface area contributed by atoms with E-state index >= 15 is 0 Å². The van der Waals surface area contributed by atoms with Gasteiger partial charge in [0.15, 0.2) is 0 Å². The van der Waals surface area contributed by atoms with E-state index in [-0.39, 0.29) is 5.91 Å². The van der Waals surface area contributed by atoms with Crippen LogP contribution in [0.5, 0.6) is 5.75 Å². The first-order chi connectivity index (χ1) is 10.7. The van der Waals surface area contributed by atoms with Gasteiger partial charge in [0, 0.05) is 32.4 Å². The molecule has 0 aliphatic carbocycles. The Morgan fingerprint density at radius 3 is 2.86 bits per heavy atom. The van der Waals surface area contributed by atoms with Gasteiger partial charge in [0.1, 0.15) is 5.75 Å². The first-order valence-corrected chi connectivity index (χ1v) is 7.60. The smallest absolute Gasteiger partial charge is 0.226 e. The second-order valence-electron chi connectivity index (χ2n) is 5.64. The monoisotopic (exact) mass is 296 g/mol. The largest absolute Gasteiger partial charge is 0.493 e. The number of amides is 1. The summed E-state index contributed by atoms with van der Waals surface area (Å²) in [5.41, 5.74) is 3.47. The van der Waals surface area contributed by atoms with Gasteiger partial charge in [-0.1, -0.05) is 12.1 Å². The summed E-state index contributed by atoms with van der Waals surface area (Å²) in [5.74, 6) is 1.11. The summed E-state index contributed by atoms with van der Waals surface area (Å²) in [7, 11) is 1.86. The molecule has 0 radical (unpaired) electrons. The third kappa shape index (κ3) is 3.45. The minimum absolute atomic E-state index is 0.146. The molecule has 4 heteroatoms. The van der Waals surface area contributed by atoms with E-state index in [0.717, 1.165) is 37.3 Å². The van der Waals surface area contributed by atoms with Crippen LogP contribution in [0.25, 0.3) is 0 Å². The van der Waals surface area contributed by atoms with Crippen LogP contribution in [0.1, 0.15) is 16.7 Å². The number of rotatable bonds is 5. The molecule has 1 aromatic carbocycles. The van der Waals surface area contributed by atoms with Crippen molar-refractivity contribution in [1.82, 2.24) is 9.88 Å². The molecule has 0 saturated carbocycles. The van der Waals surface area contributed by atoms with Crippen LogP contribution in [0.3, 0.4) is 0 Å². The highest BCUT2D eigenvalue weighted by Gasteiger charge is 2.15. The highest BCUT2D eigenvalue weighted by Crippen LogP contribution is 2.26. The van der Waals surface area contributed by atoms with Crippen LogP contribution < -0.4 is 4.74 Å². The van der Waals surface area contributed by atoms with E-state index < -0.39 is 0 Å². The molecule has 1 aromatic heterocycles. The number of fused-ring (bicyclic) bond motifs is 1. The third-order valence-electron chi connectivity index (χ3n) is 4.02. The van der Waals surface area contributed by atoms with Gasteiger partial charge in [0.25, 0.3) is 0 Å². The Hall–Kier alpha value is -2.36. The topological polar surface area (TPSA) is 42.4 Å². The minimum Gasteiger partial charge on any atom is -0.493 e. The molecule has 4 nitrogen and oxygen atoms in total. The van der Waals surface area contributed by atoms with E-state index in [2.05, 4.69) is 11.1 Å². The van der Waals surface area contributed by atoms with Crippen LogP contribution in [0.4, 0.5) is 0 Å². The highest BCUT2D eigenvalue weighted by atomic mass is 16.5. The van der Waals surface area contributed by atoms with Gasteiger partial charge in [-0.25, -0.2) is 0 Å². The molecule has 0 fully saturated rings. The van der Waals surface area contributed by atoms with E-state index in [0.29, 0.717) is 6.42 Å². The molecular weight excluding hydrogens is 276 g/mol. The van der Waals surface area contributed by atoms with Crippen molar-refractivity contribution in [2.45, 2.75) is 19.3 Å². The molecule has 114 valence electrons. The van der Waals surface area contributed by atoms with Gasteiger partial charge < -0.3 is 9.64 Å². The molecule has 2 aromatic rings. The van der Waals surface area contributed by atoms with Crippen LogP contribution in [0.15, 0.2) is 42.7 Å². The normalized spacial score (nSPS) is 12.6. The lowest BCUT2D eigenvalue weighted by molar-refractivity contribution is -0.129. The fourth-order valence-corrected chi connectivity index (χ4v) is 2.63. The van der Waals surface area contributed by atoms with E-state index in [4.69, 9.17) is 4.74 Å². The van der Waals surface area contributed by atoms with Gasteiger partial charge in [0.2, 0.25) is 5.91 Å². The molecule has 1 aliphatic heterocycles. The van der Waals surface area contributed by atoms with E-state index in [9.17, 15) is 4.79 Å². The van der Waals surface area contributed by atoms with Crippen molar-refractivity contribution in [1.29, 1.82) is 0 Å². The van der Waals surface area contributed by atoms with E-state index in [1.165, 1.54) is 11.1 Å². The van der Waals surface area contributed by atoms with Crippen LogP contribution in [0, 0.1) is 0 Å². The second kappa shape index (κ2) is 6.60. The SMILES string of the molecule is CN(CCc1ccncc1)C(=O)Cc1ccc2c(c1)CCO2. The summed E-state index contributed by atoms with van der Waals surface area (Å²) in [4.78, 5) is 18.1. The summed E-state index contributed by atoms with van der Waals surface area (Å²) in [6.07, 6.45) is 5.80. The average molecular weight is 296 g/mol. The van der Waals surface area contributed by atoms with Crippen molar-refractivity contribution in [3.8, 4) is 5.75 Å². The maximum absolute atomic E-state index is 12.3. The third-order valence-corrected chi connectivity index (χ3v) is 4.02. The Labute approximate surface area is 130 Å². The predicted molar refractivity (Wildman–Crippen MR) is 84.9 cm³/mol. The van der Waals surface area contributed by atoms with Gasteiger partial charge in [-0.15, -0.1) is 0 Å². The quantitative estimate of drug-likeness (QED) is 0.850. The molecule has 1 aliphatic rings. The first-order valence-electron chi connectivity index (χ1n) is 7.60. The average Bonchev–Trinajstić information content (AvgIpc) is 3.01. The Kier molecular flexibility index (Phi) is 4.37. The highest BCUT2D eigenvalue weighted by molar-refractivity contribution is 5.78. The maximum atomic E-state index is 12.3. The number of ether oxygens (including phenoxy) is 1. The van der Waals surface area contributed by atoms with Crippen LogP contribution in [0.2, 0.25) is 0 Å². The molecule has 0 spiro atoms. The summed E-state index contributed by atoms with van der Waals surface area (Å²) in [6, 6.07) is 10.0. The number of hydrogen-bond donors (Lipinski definition) is 0. The van der Waals surface area contributed by atoms with Crippen molar-refractivity contribution >= 4 is 5.91 Å². The van der Waals surface area contributed by atoms with Crippen LogP contribution >= 0.6 is 0 Å². The number of nitrogens with zero attached hydrogens (tertiary/aromatic N) is 2. The molecule has 0 atom stereocenters. The fourth-order valence-electron chi connectivity index (χ4n) is 2.63. The molecule has 1 amide bonds. The van der Waals surface area contributed by atoms with E-state index in [1.54, 1.807) is 17.3 Å². The molecule has 2 heterocycles. The van der Waals surface area contributed by atoms with Crippen molar-refractivity contribution < 1.29 is 9.53 Å². The van der Waals surface area contributed by atoms with Crippen molar-refractivity contribution in [3.63, 3.8) is 0 Å². The molecule has 0 saturated heterocycles. The molecule has 0 unspecified atom stereocenters. The summed E-state index contributed by atoms with van der Waals surface area (Å²) in [6.45, 7) is 1.47. The number of aromatic nitrogens is 1. The number of likely N-dealkylation sites (N-methyl/N-ethyl adjacent to an activating group) is 1. The summed E-state index contributed by atoms with van der Waals surface area (Å²) >= 11 is 0. The molecule has 3 rings (SSSR count). The van der Waals surface area contributed by atoms with Gasteiger partial charge in [0.05, 0.1) is 13.0 Å². The van der Waals surface area contributed by atoms with Crippen LogP contribution in [-0.2, 0) is 24.1 Å². The molecule has 0 bridgehead atoms. The summed E-state index contributed by atoms with van der Waals surface area (Å²) < 4.78 is 5.49. The van der Waals surface area contributed by atoms with Crippen molar-refractivity contribution in [2.75, 3.05) is 20.2 Å². The van der Waals surface area contributed by atoms with E-state index in [1.807, 2.05) is 31.3 Å². The standard InChI is InChI=1S/C18H20N2O2/c1-20(10-6-14-4-8-19-9-5-14)18(21)13-15-2-3-17-16(12-15)7-11-22-17/h2-5,8-9,12H,6-7,10-11,13H2,1H3. The molecule has 0 N–H and O–H groups in total. The lowest BCUT2D eigenvalue weighted by atomic mass is 10.1. The maximum Gasteiger partial charge on any atom is 0.226 e. The number of hydrogen-bond acceptors (Lipinski definition) is 3. The second-order valence-corrected chi connectivity index (χ2v) is 5.64. The Bertz CT molecular complexity index is 655. The fraction of sp³-hybridized carbons (Fsp3) is 0.333. The minimum atomic E-state index is 0.146. The van der Waals surface area contributed by atoms with Gasteiger partial charge in [-0.05, 0) is 41.3 Å². The van der Waals surface area contributed by atoms with Gasteiger partial charge in [-0.3, -0.25) is 9.78 Å². The number of carbonyl (C=O) groups excluding carboxylic acids is 1. The Morgan fingerprint density at radius 2 is 2.05 bits per heavy atom. The number of pyridine rings is 1. The Morgan fingerprint density at radius 1 is 1.23 bits per heavy atom. The number of carbonyl (C=O) groups is 1. The lowest BCUT2D eigenvalue weighted by Crippen LogP contribution is -2.30. The Balaban J connectivity index is 1.55. The lowest BCUT2D eigenvalue weighted by Gasteiger charge is -2.17. The molecular formula is C18H20N2O2. The van der Waals surface area contributed by atoms with Crippen molar-refractivity contribution in [3.05, 3.63) is 59.4 Å². The van der Waals surface area contributed by atoms with Gasteiger partial charge in [-0.2, -0.15) is 0 Å². The zero-order chi connectivity index (χ0) is 15.4. The molecule has 22 heavy (non-hydrogen) atoms. The first kappa shape index (κ1) is 14.6. The summed E-state index contributed by atoms with van der Waals surface area (Å²) in [5, 5.41) is 0. The number of benzene rings is 1. The zero-order valence-electron chi connectivity index (χ0n) is 12.8. The zero-order valence-corrected chi connectivity index (χ0v) is 12.8. The van der Waals surface area contributed by atoms with Crippen LogP contribution in [-0.4, -0.2) is 36.0 Å². The van der Waals surface area contributed by atoms with Crippen molar-refractivity contribution in [2.24, 2.45) is 0 Å². The predicted octanol–water partition coefficient (Wildman–Crippen LogP) is 2.26. The van der Waals surface area contributed by atoms with Gasteiger partial charge >= 0.3 is 0 Å².